The normalized spacial score (nSPS) is 17.4. The Bertz CT molecular complexity index is 1140. The molecule has 3 rings (SSSR count). The van der Waals surface area contributed by atoms with E-state index in [1.807, 2.05) is 11.5 Å². The van der Waals surface area contributed by atoms with Crippen molar-refractivity contribution in [2.45, 2.75) is 26.3 Å². The summed E-state index contributed by atoms with van der Waals surface area (Å²) < 4.78 is 41.0. The van der Waals surface area contributed by atoms with Crippen molar-refractivity contribution in [3.05, 3.63) is 45.7 Å². The molecule has 31 heavy (non-hydrogen) atoms. The van der Waals surface area contributed by atoms with Crippen LogP contribution in [0.2, 0.25) is 5.02 Å². The molecule has 1 aromatic heterocycles. The van der Waals surface area contributed by atoms with Gasteiger partial charge in [-0.05, 0) is 38.5 Å². The van der Waals surface area contributed by atoms with E-state index >= 15 is 0 Å². The second-order valence-electron chi connectivity index (χ2n) is 7.40. The minimum atomic E-state index is -3.06. The van der Waals surface area contributed by atoms with Crippen molar-refractivity contribution < 1.29 is 32.2 Å². The number of halogens is 1. The number of Topliss-reactive ketones (excluding diaryl/α,β-unsaturated/α-hetero) is 1. The number of carbonyl (C=O) groups excluding carboxylic acids is 2. The summed E-state index contributed by atoms with van der Waals surface area (Å²) in [6.07, 6.45) is 0.515. The van der Waals surface area contributed by atoms with Crippen LogP contribution in [0.4, 0.5) is 0 Å². The maximum absolute atomic E-state index is 12.7. The number of aromatic nitrogens is 1. The quantitative estimate of drug-likeness (QED) is 0.453. The predicted molar refractivity (Wildman–Crippen MR) is 115 cm³/mol. The number of ketones is 1. The molecule has 1 aliphatic heterocycles. The van der Waals surface area contributed by atoms with Crippen molar-refractivity contribution in [3.63, 3.8) is 0 Å². The molecule has 0 spiro atoms. The first kappa shape index (κ1) is 23.1. The zero-order chi connectivity index (χ0) is 22.9. The maximum Gasteiger partial charge on any atom is 0.338 e. The molecule has 1 unspecified atom stereocenters. The summed E-state index contributed by atoms with van der Waals surface area (Å²) in [5, 5.41) is 0.176. The first-order chi connectivity index (χ1) is 14.6. The monoisotopic (exact) mass is 469 g/mol. The SMILES string of the molecule is COc1cc(C(=O)OCC(=O)c2cc(C)n(C3CCS(=O)(=O)C3)c2C)cc(Cl)c1OC. The molecule has 0 radical (unpaired) electrons. The van der Waals surface area contributed by atoms with E-state index in [4.69, 9.17) is 25.8 Å². The fraction of sp³-hybridized carbons (Fsp3) is 0.429. The lowest BCUT2D eigenvalue weighted by Gasteiger charge is -2.16. The summed E-state index contributed by atoms with van der Waals surface area (Å²) in [7, 11) is -0.216. The van der Waals surface area contributed by atoms with E-state index in [9.17, 15) is 18.0 Å². The van der Waals surface area contributed by atoms with Crippen LogP contribution in [0.15, 0.2) is 18.2 Å². The van der Waals surface area contributed by atoms with Gasteiger partial charge in [-0.1, -0.05) is 11.6 Å². The van der Waals surface area contributed by atoms with Crippen LogP contribution in [0.3, 0.4) is 0 Å². The lowest BCUT2D eigenvalue weighted by molar-refractivity contribution is 0.0474. The standard InChI is InChI=1S/C21H24ClNO7S/c1-12-7-16(13(2)23(12)15-5-6-31(26,27)11-15)18(24)10-30-21(25)14-8-17(22)20(29-4)19(9-14)28-3/h7-9,15H,5-6,10-11H2,1-4H3. The Hall–Kier alpha value is -2.52. The first-order valence-corrected chi connectivity index (χ1v) is 11.8. The molecule has 1 saturated heterocycles. The Balaban J connectivity index is 1.74. The summed E-state index contributed by atoms with van der Waals surface area (Å²) >= 11 is 6.11. The number of carbonyl (C=O) groups is 2. The van der Waals surface area contributed by atoms with Crippen LogP contribution < -0.4 is 9.47 Å². The van der Waals surface area contributed by atoms with Gasteiger partial charge in [-0.2, -0.15) is 0 Å². The number of rotatable bonds is 7. The number of methoxy groups -OCH3 is 2. The predicted octanol–water partition coefficient (Wildman–Crippen LogP) is 3.17. The molecule has 1 atom stereocenters. The fourth-order valence-electron chi connectivity index (χ4n) is 3.93. The number of hydrogen-bond donors (Lipinski definition) is 0. The Morgan fingerprint density at radius 2 is 1.87 bits per heavy atom. The summed E-state index contributed by atoms with van der Waals surface area (Å²) in [4.78, 5) is 25.2. The van der Waals surface area contributed by atoms with Gasteiger partial charge in [0.05, 0.1) is 36.3 Å². The van der Waals surface area contributed by atoms with Crippen molar-refractivity contribution in [3.8, 4) is 11.5 Å². The largest absolute Gasteiger partial charge is 0.493 e. The molecular formula is C21H24ClNO7S. The Labute approximate surface area is 186 Å². The molecule has 8 nitrogen and oxygen atoms in total. The summed E-state index contributed by atoms with van der Waals surface area (Å²) in [5.41, 5.74) is 1.98. The number of sulfone groups is 1. The minimum Gasteiger partial charge on any atom is -0.493 e. The van der Waals surface area contributed by atoms with Crippen molar-refractivity contribution in [2.75, 3.05) is 32.3 Å². The molecular weight excluding hydrogens is 446 g/mol. The maximum atomic E-state index is 12.7. The topological polar surface area (TPSA) is 101 Å². The van der Waals surface area contributed by atoms with Crippen LogP contribution in [0.5, 0.6) is 11.5 Å². The lowest BCUT2D eigenvalue weighted by atomic mass is 10.1. The molecule has 0 saturated carbocycles. The van der Waals surface area contributed by atoms with E-state index in [0.29, 0.717) is 17.7 Å². The zero-order valence-electron chi connectivity index (χ0n) is 17.7. The van der Waals surface area contributed by atoms with Gasteiger partial charge in [0.2, 0.25) is 5.78 Å². The number of ether oxygens (including phenoxy) is 3. The Kier molecular flexibility index (Phi) is 6.66. The van der Waals surface area contributed by atoms with Crippen molar-refractivity contribution >= 4 is 33.2 Å². The molecule has 1 fully saturated rings. The van der Waals surface area contributed by atoms with Gasteiger partial charge in [0.1, 0.15) is 0 Å². The highest BCUT2D eigenvalue weighted by Crippen LogP contribution is 2.36. The van der Waals surface area contributed by atoms with Gasteiger partial charge in [0, 0.05) is 23.0 Å². The highest BCUT2D eigenvalue weighted by molar-refractivity contribution is 7.91. The second-order valence-corrected chi connectivity index (χ2v) is 10.0. The summed E-state index contributed by atoms with van der Waals surface area (Å²) in [5.74, 6) is -0.344. The fourth-order valence-corrected chi connectivity index (χ4v) is 5.92. The van der Waals surface area contributed by atoms with E-state index in [-0.39, 0.29) is 45.4 Å². The molecule has 168 valence electrons. The van der Waals surface area contributed by atoms with E-state index in [2.05, 4.69) is 0 Å². The molecule has 1 aromatic carbocycles. The molecule has 2 heterocycles. The van der Waals surface area contributed by atoms with Crippen LogP contribution in [-0.4, -0.2) is 57.1 Å². The van der Waals surface area contributed by atoms with Crippen molar-refractivity contribution in [1.29, 1.82) is 0 Å². The molecule has 0 aliphatic carbocycles. The molecule has 0 N–H and O–H groups in total. The average Bonchev–Trinajstić information content (AvgIpc) is 3.22. The van der Waals surface area contributed by atoms with Crippen LogP contribution in [-0.2, 0) is 14.6 Å². The van der Waals surface area contributed by atoms with E-state index in [1.54, 1.807) is 13.0 Å². The number of nitrogens with zero attached hydrogens (tertiary/aromatic N) is 1. The second kappa shape index (κ2) is 8.92. The van der Waals surface area contributed by atoms with Crippen LogP contribution in [0.1, 0.15) is 44.6 Å². The Morgan fingerprint density at radius 3 is 2.45 bits per heavy atom. The van der Waals surface area contributed by atoms with Gasteiger partial charge < -0.3 is 18.8 Å². The third-order valence-electron chi connectivity index (χ3n) is 5.36. The summed E-state index contributed by atoms with van der Waals surface area (Å²) in [6, 6.07) is 4.30. The average molecular weight is 470 g/mol. The van der Waals surface area contributed by atoms with Gasteiger partial charge in [-0.3, -0.25) is 4.79 Å². The molecule has 0 bridgehead atoms. The molecule has 1 aliphatic rings. The first-order valence-electron chi connectivity index (χ1n) is 9.58. The highest BCUT2D eigenvalue weighted by Gasteiger charge is 2.31. The van der Waals surface area contributed by atoms with Gasteiger partial charge >= 0.3 is 5.97 Å². The van der Waals surface area contributed by atoms with E-state index < -0.39 is 22.4 Å². The van der Waals surface area contributed by atoms with E-state index in [0.717, 1.165) is 5.69 Å². The molecule has 10 heteroatoms. The van der Waals surface area contributed by atoms with Gasteiger partial charge in [-0.15, -0.1) is 0 Å². The zero-order valence-corrected chi connectivity index (χ0v) is 19.3. The van der Waals surface area contributed by atoms with Crippen LogP contribution >= 0.6 is 11.6 Å². The van der Waals surface area contributed by atoms with E-state index in [1.165, 1.54) is 26.4 Å². The summed E-state index contributed by atoms with van der Waals surface area (Å²) in [6.45, 7) is 3.13. The van der Waals surface area contributed by atoms with Crippen LogP contribution in [0, 0.1) is 13.8 Å². The van der Waals surface area contributed by atoms with Gasteiger partial charge in [0.15, 0.2) is 27.9 Å². The highest BCUT2D eigenvalue weighted by atomic mass is 35.5. The van der Waals surface area contributed by atoms with Crippen molar-refractivity contribution in [2.24, 2.45) is 0 Å². The Morgan fingerprint density at radius 1 is 1.16 bits per heavy atom. The van der Waals surface area contributed by atoms with Gasteiger partial charge in [0.25, 0.3) is 0 Å². The lowest BCUT2D eigenvalue weighted by Crippen LogP contribution is -2.17. The van der Waals surface area contributed by atoms with Crippen LogP contribution in [0.25, 0.3) is 0 Å². The number of benzene rings is 1. The smallest absolute Gasteiger partial charge is 0.338 e. The third kappa shape index (κ3) is 4.72. The number of aryl methyl sites for hydroxylation is 1. The number of esters is 1. The minimum absolute atomic E-state index is 0.0615. The number of hydrogen-bond acceptors (Lipinski definition) is 7. The third-order valence-corrected chi connectivity index (χ3v) is 7.39. The van der Waals surface area contributed by atoms with Gasteiger partial charge in [-0.25, -0.2) is 13.2 Å². The molecule has 2 aromatic rings. The van der Waals surface area contributed by atoms with Crippen molar-refractivity contribution in [1.82, 2.24) is 4.57 Å². The molecule has 0 amide bonds.